The number of nitrogens with one attached hydrogen (secondary N) is 1. The third-order valence-corrected chi connectivity index (χ3v) is 7.61. The van der Waals surface area contributed by atoms with E-state index in [2.05, 4.69) is 5.32 Å². The van der Waals surface area contributed by atoms with E-state index in [1.165, 1.54) is 24.2 Å². The van der Waals surface area contributed by atoms with Crippen molar-refractivity contribution in [3.8, 4) is 0 Å². The van der Waals surface area contributed by atoms with Gasteiger partial charge < -0.3 is 19.5 Å². The Balaban J connectivity index is 1.59. The zero-order valence-electron chi connectivity index (χ0n) is 20.0. The van der Waals surface area contributed by atoms with E-state index >= 15 is 0 Å². The van der Waals surface area contributed by atoms with Crippen LogP contribution < -0.4 is 10.7 Å². The van der Waals surface area contributed by atoms with Crippen molar-refractivity contribution >= 4 is 23.2 Å². The highest BCUT2D eigenvalue weighted by molar-refractivity contribution is 7.09. The van der Waals surface area contributed by atoms with Gasteiger partial charge in [0, 0.05) is 43.5 Å². The third-order valence-electron chi connectivity index (χ3n) is 6.75. The number of pyridine rings is 1. The van der Waals surface area contributed by atoms with Crippen LogP contribution in [0.2, 0.25) is 0 Å². The Hall–Kier alpha value is -2.45. The van der Waals surface area contributed by atoms with Gasteiger partial charge in [-0.15, -0.1) is 11.3 Å². The Labute approximate surface area is 205 Å². The van der Waals surface area contributed by atoms with Crippen molar-refractivity contribution < 1.29 is 14.3 Å². The van der Waals surface area contributed by atoms with Crippen LogP contribution in [-0.2, 0) is 17.8 Å². The van der Waals surface area contributed by atoms with Crippen LogP contribution >= 0.6 is 11.3 Å². The molecule has 0 radical (unpaired) electrons. The molecule has 1 saturated carbocycles. The molecular formula is C26H35N3O4S. The molecular weight excluding hydrogens is 450 g/mol. The molecule has 8 heteroatoms. The first kappa shape index (κ1) is 24.7. The van der Waals surface area contributed by atoms with Gasteiger partial charge in [0.15, 0.2) is 0 Å². The van der Waals surface area contributed by atoms with Gasteiger partial charge in [0.2, 0.25) is 5.43 Å². The molecule has 2 fully saturated rings. The van der Waals surface area contributed by atoms with Crippen molar-refractivity contribution in [2.24, 2.45) is 0 Å². The molecule has 184 valence electrons. The number of carbonyl (C=O) groups is 2. The molecule has 34 heavy (non-hydrogen) atoms. The van der Waals surface area contributed by atoms with E-state index in [0.29, 0.717) is 13.1 Å². The van der Waals surface area contributed by atoms with Gasteiger partial charge >= 0.3 is 0 Å². The maximum absolute atomic E-state index is 13.4. The third kappa shape index (κ3) is 6.36. The van der Waals surface area contributed by atoms with Gasteiger partial charge in [-0.1, -0.05) is 38.2 Å². The molecule has 1 N–H and O–H groups in total. The SMILES string of the molecule is CN(Cc1cccs1)C(=O)c1cn(C[C@@H]2CCCO2)cc(C(=O)NC2CCCCCCC2)c1=O. The summed E-state index contributed by atoms with van der Waals surface area (Å²) in [6.45, 7) is 1.65. The molecule has 0 bridgehead atoms. The van der Waals surface area contributed by atoms with Gasteiger partial charge in [-0.05, 0) is 37.1 Å². The number of rotatable bonds is 7. The summed E-state index contributed by atoms with van der Waals surface area (Å²) < 4.78 is 7.55. The first-order chi connectivity index (χ1) is 16.5. The highest BCUT2D eigenvalue weighted by Crippen LogP contribution is 2.18. The van der Waals surface area contributed by atoms with E-state index in [0.717, 1.165) is 50.0 Å². The van der Waals surface area contributed by atoms with E-state index < -0.39 is 5.43 Å². The number of hydrogen-bond acceptors (Lipinski definition) is 5. The van der Waals surface area contributed by atoms with E-state index in [1.807, 2.05) is 17.5 Å². The maximum Gasteiger partial charge on any atom is 0.259 e. The number of aromatic nitrogens is 1. The number of nitrogens with zero attached hydrogens (tertiary/aromatic N) is 2. The molecule has 2 aromatic rings. The molecule has 4 rings (SSSR count). The fourth-order valence-corrected chi connectivity index (χ4v) is 5.61. The predicted octanol–water partition coefficient (Wildman–Crippen LogP) is 4.20. The maximum atomic E-state index is 13.4. The van der Waals surface area contributed by atoms with Gasteiger partial charge in [0.1, 0.15) is 11.1 Å². The lowest BCUT2D eigenvalue weighted by atomic mass is 9.96. The van der Waals surface area contributed by atoms with Crippen LogP contribution in [0.1, 0.15) is 83.4 Å². The van der Waals surface area contributed by atoms with E-state index in [1.54, 1.807) is 35.3 Å². The van der Waals surface area contributed by atoms with Crippen LogP contribution in [0.4, 0.5) is 0 Å². The first-order valence-corrected chi connectivity index (χ1v) is 13.3. The van der Waals surface area contributed by atoms with Crippen molar-refractivity contribution in [3.05, 3.63) is 56.1 Å². The molecule has 3 heterocycles. The Bertz CT molecular complexity index is 1020. The standard InChI is InChI=1S/C26H35N3O4S/c1-28(16-21-12-8-14-34-21)26(32)23-18-29(15-20-11-7-13-33-20)17-22(24(23)30)25(31)27-19-9-5-3-2-4-6-10-19/h8,12,14,17-20H,2-7,9-11,13,15-16H2,1H3,(H,27,31)/t20-/m0/s1. The Kier molecular flexibility index (Phi) is 8.56. The highest BCUT2D eigenvalue weighted by Gasteiger charge is 2.25. The summed E-state index contributed by atoms with van der Waals surface area (Å²) in [5.41, 5.74) is -0.437. The molecule has 1 aliphatic carbocycles. The lowest BCUT2D eigenvalue weighted by Crippen LogP contribution is -2.40. The minimum atomic E-state index is -0.505. The molecule has 0 aromatic carbocycles. The van der Waals surface area contributed by atoms with Crippen molar-refractivity contribution in [3.63, 3.8) is 0 Å². The second kappa shape index (κ2) is 11.8. The van der Waals surface area contributed by atoms with E-state index in [9.17, 15) is 14.4 Å². The summed E-state index contributed by atoms with van der Waals surface area (Å²) in [7, 11) is 1.69. The van der Waals surface area contributed by atoms with Gasteiger partial charge in [0.25, 0.3) is 11.8 Å². The largest absolute Gasteiger partial charge is 0.376 e. The minimum Gasteiger partial charge on any atom is -0.376 e. The minimum absolute atomic E-state index is 0.0239. The van der Waals surface area contributed by atoms with Gasteiger partial charge in [-0.25, -0.2) is 0 Å². The average molecular weight is 486 g/mol. The van der Waals surface area contributed by atoms with Crippen LogP contribution in [0.5, 0.6) is 0 Å². The number of amides is 2. The summed E-state index contributed by atoms with van der Waals surface area (Å²) in [6, 6.07) is 3.97. The summed E-state index contributed by atoms with van der Waals surface area (Å²) in [4.78, 5) is 42.5. The molecule has 1 atom stereocenters. The van der Waals surface area contributed by atoms with E-state index in [-0.39, 0.29) is 35.1 Å². The van der Waals surface area contributed by atoms with Gasteiger partial charge in [-0.2, -0.15) is 0 Å². The monoisotopic (exact) mass is 485 g/mol. The number of ether oxygens (including phenoxy) is 1. The first-order valence-electron chi connectivity index (χ1n) is 12.5. The molecule has 7 nitrogen and oxygen atoms in total. The molecule has 2 aromatic heterocycles. The zero-order chi connectivity index (χ0) is 23.9. The second-order valence-corrected chi connectivity index (χ2v) is 10.5. The van der Waals surface area contributed by atoms with Crippen LogP contribution in [0, 0.1) is 0 Å². The molecule has 0 unspecified atom stereocenters. The van der Waals surface area contributed by atoms with Crippen LogP contribution in [0.3, 0.4) is 0 Å². The lowest BCUT2D eigenvalue weighted by Gasteiger charge is -2.22. The van der Waals surface area contributed by atoms with Crippen LogP contribution in [-0.4, -0.2) is 47.1 Å². The molecule has 2 amide bonds. The Morgan fingerprint density at radius 2 is 1.82 bits per heavy atom. The normalized spacial score (nSPS) is 19.4. The highest BCUT2D eigenvalue weighted by atomic mass is 32.1. The lowest BCUT2D eigenvalue weighted by molar-refractivity contribution is 0.0781. The summed E-state index contributed by atoms with van der Waals surface area (Å²) >= 11 is 1.57. The molecule has 0 spiro atoms. The molecule has 1 aliphatic heterocycles. The summed E-state index contributed by atoms with van der Waals surface area (Å²) in [5, 5.41) is 5.05. The molecule has 2 aliphatic rings. The van der Waals surface area contributed by atoms with Crippen molar-refractivity contribution in [2.75, 3.05) is 13.7 Å². The Morgan fingerprint density at radius 3 is 2.50 bits per heavy atom. The van der Waals surface area contributed by atoms with Crippen LogP contribution in [0.15, 0.2) is 34.7 Å². The zero-order valence-corrected chi connectivity index (χ0v) is 20.8. The van der Waals surface area contributed by atoms with Crippen molar-refractivity contribution in [1.29, 1.82) is 0 Å². The summed E-state index contributed by atoms with van der Waals surface area (Å²) in [5.74, 6) is -0.757. The summed E-state index contributed by atoms with van der Waals surface area (Å²) in [6.07, 6.45) is 12.8. The van der Waals surface area contributed by atoms with Crippen molar-refractivity contribution in [2.45, 2.75) is 83.0 Å². The topological polar surface area (TPSA) is 80.6 Å². The predicted molar refractivity (Wildman–Crippen MR) is 133 cm³/mol. The molecule has 1 saturated heterocycles. The number of thiophene rings is 1. The van der Waals surface area contributed by atoms with Crippen molar-refractivity contribution in [1.82, 2.24) is 14.8 Å². The van der Waals surface area contributed by atoms with E-state index in [4.69, 9.17) is 4.74 Å². The second-order valence-electron chi connectivity index (χ2n) is 9.50. The fourth-order valence-electron chi connectivity index (χ4n) is 4.85. The Morgan fingerprint density at radius 1 is 1.09 bits per heavy atom. The number of carbonyl (C=O) groups excluding carboxylic acids is 2. The van der Waals surface area contributed by atoms with Gasteiger partial charge in [-0.3, -0.25) is 14.4 Å². The van der Waals surface area contributed by atoms with Gasteiger partial charge in [0.05, 0.1) is 12.6 Å². The number of hydrogen-bond donors (Lipinski definition) is 1. The van der Waals surface area contributed by atoms with Crippen LogP contribution in [0.25, 0.3) is 0 Å². The quantitative estimate of drug-likeness (QED) is 0.637. The average Bonchev–Trinajstić information content (AvgIpc) is 3.50. The smallest absolute Gasteiger partial charge is 0.259 e. The fraction of sp³-hybridized carbons (Fsp3) is 0.577.